The average molecular weight is 1590 g/mol. The van der Waals surface area contributed by atoms with Crippen LogP contribution in [0.25, 0.3) is 0 Å². The van der Waals surface area contributed by atoms with E-state index < -0.39 is 242 Å². The van der Waals surface area contributed by atoms with E-state index >= 15 is 0 Å². The molecule has 0 aromatic heterocycles. The van der Waals surface area contributed by atoms with Gasteiger partial charge < -0.3 is 159 Å². The van der Waals surface area contributed by atoms with Crippen molar-refractivity contribution in [2.24, 2.45) is 0 Å². The second kappa shape index (κ2) is 51.6. The van der Waals surface area contributed by atoms with Crippen molar-refractivity contribution in [3.63, 3.8) is 0 Å². The fourth-order valence-corrected chi connectivity index (χ4v) is 15.1. The monoisotopic (exact) mass is 1590 g/mol. The van der Waals surface area contributed by atoms with Crippen molar-refractivity contribution in [1.29, 1.82) is 0 Å². The number of amides is 2. The van der Waals surface area contributed by atoms with Gasteiger partial charge in [0.1, 0.15) is 140 Å². The first-order valence-electron chi connectivity index (χ1n) is 40.8. The lowest BCUT2D eigenvalue weighted by atomic mass is 9.94. The van der Waals surface area contributed by atoms with E-state index in [0.717, 1.165) is 58.3 Å². The zero-order chi connectivity index (χ0) is 80.4. The highest BCUT2D eigenvalue weighted by Crippen LogP contribution is 2.38. The Morgan fingerprint density at radius 1 is 0.382 bits per heavy atom. The lowest BCUT2D eigenvalue weighted by Crippen LogP contribution is -2.70. The molecule has 0 aromatic rings. The van der Waals surface area contributed by atoms with Crippen molar-refractivity contribution in [3.05, 3.63) is 12.2 Å². The van der Waals surface area contributed by atoms with Gasteiger partial charge >= 0.3 is 0 Å². The molecule has 32 atom stereocenters. The lowest BCUT2D eigenvalue weighted by molar-refractivity contribution is -0.389. The van der Waals surface area contributed by atoms with Gasteiger partial charge in [0, 0.05) is 13.3 Å². The van der Waals surface area contributed by atoms with Crippen LogP contribution >= 0.6 is 0 Å². The van der Waals surface area contributed by atoms with Crippen LogP contribution < -0.4 is 10.6 Å². The summed E-state index contributed by atoms with van der Waals surface area (Å²) in [5.41, 5.74) is 0. The number of allylic oxidation sites excluding steroid dienone is 1. The van der Waals surface area contributed by atoms with Crippen LogP contribution in [0.4, 0.5) is 0 Å². The third-order valence-electron chi connectivity index (χ3n) is 21.8. The van der Waals surface area contributed by atoms with Crippen LogP contribution in [0.15, 0.2) is 12.2 Å². The molecule has 12 unspecified atom stereocenters. The predicted octanol–water partition coefficient (Wildman–Crippen LogP) is -0.760. The number of rotatable bonds is 52. The number of nitrogens with one attached hydrogen (secondary N) is 2. The molecule has 6 saturated heterocycles. The Balaban J connectivity index is 1.04. The minimum absolute atomic E-state index is 0.190. The average Bonchev–Trinajstić information content (AvgIpc) is 0.768. The molecule has 0 spiro atoms. The second-order valence-corrected chi connectivity index (χ2v) is 30.6. The fraction of sp³-hybridized carbons (Fsp3) is 0.947. The maximum absolute atomic E-state index is 13.5. The lowest BCUT2D eigenvalue weighted by Gasteiger charge is -2.50. The molecular formula is C76H138N2O32. The van der Waals surface area contributed by atoms with E-state index in [1.165, 1.54) is 129 Å². The Bertz CT molecular complexity index is 2490. The van der Waals surface area contributed by atoms with Crippen LogP contribution in [0.2, 0.25) is 0 Å². The maximum atomic E-state index is 13.5. The molecule has 6 aliphatic rings. The zero-order valence-electron chi connectivity index (χ0n) is 64.9. The van der Waals surface area contributed by atoms with Crippen LogP contribution in [0, 0.1) is 0 Å². The Kier molecular flexibility index (Phi) is 45.2. The molecule has 6 aliphatic heterocycles. The van der Waals surface area contributed by atoms with Crippen LogP contribution in [0.3, 0.4) is 0 Å². The van der Waals surface area contributed by atoms with E-state index in [9.17, 15) is 102 Å². The number of aliphatic hydroxyl groups excluding tert-OH is 18. The van der Waals surface area contributed by atoms with Gasteiger partial charge in [-0.25, -0.2) is 0 Å². The summed E-state index contributed by atoms with van der Waals surface area (Å²) in [6, 6.07) is -2.81. The first-order valence-corrected chi connectivity index (χ1v) is 40.8. The standard InChI is InChI=1S/C76H138N2O32/c1-5-7-9-11-13-15-17-19-20-21-22-24-26-28-30-32-34-36-52(86)78-45(46(85)35-33-31-29-27-25-23-18-16-14-12-10-8-6-2)42-99-73-61(94)58(91)66(49(39-81)103-73)108-75-63(96)60(93)67(51(41-83)105-75)109-74-62(95)59(92)65(50(40-82)104-74)107-72-53(77-44(4)84)68(55(88)47(37-79)101-72)110-76-64(97)69(56(89)48(38-80)102-76)106-70-57(90)54(87)43(3)100-71(70)98/h33,35,43,45-51,53-76,79-83,85,87-98H,5-32,34,36-42H2,1-4H3,(H,77,84)(H,78,86)/b35-33+/t43?,45-,46+,47?,48?,49?,50?,51?,53?,54+,55-,56-,57?,58+,59+,60+,61?,62?,63?,64?,65-,66+,67-,68+,69-,70-,71+,72-,73+,74-,75-,76-/m0/s1. The molecule has 6 fully saturated rings. The summed E-state index contributed by atoms with van der Waals surface area (Å²) in [4.78, 5) is 26.4. The molecular weight excluding hydrogens is 1450 g/mol. The number of hydrogen-bond acceptors (Lipinski definition) is 32. The first-order chi connectivity index (χ1) is 52.9. The van der Waals surface area contributed by atoms with Crippen molar-refractivity contribution in [1.82, 2.24) is 10.6 Å². The molecule has 2 amide bonds. The Hall–Kier alpha value is -2.52. The van der Waals surface area contributed by atoms with Crippen molar-refractivity contribution in [2.75, 3.05) is 39.6 Å². The van der Waals surface area contributed by atoms with Gasteiger partial charge in [0.2, 0.25) is 11.8 Å². The normalized spacial score (nSPS) is 37.7. The molecule has 0 bridgehead atoms. The van der Waals surface area contributed by atoms with Crippen molar-refractivity contribution in [3.8, 4) is 0 Å². The van der Waals surface area contributed by atoms with Gasteiger partial charge in [-0.05, 0) is 26.2 Å². The highest BCUT2D eigenvalue weighted by Gasteiger charge is 2.58. The van der Waals surface area contributed by atoms with E-state index in [0.29, 0.717) is 12.8 Å². The fourth-order valence-electron chi connectivity index (χ4n) is 15.1. The van der Waals surface area contributed by atoms with Gasteiger partial charge in [-0.3, -0.25) is 9.59 Å². The topological polar surface area (TPSA) is 533 Å². The van der Waals surface area contributed by atoms with Gasteiger partial charge in [0.25, 0.3) is 0 Å². The molecule has 20 N–H and O–H groups in total. The molecule has 6 rings (SSSR count). The summed E-state index contributed by atoms with van der Waals surface area (Å²) in [6.45, 7) is 1.43. The van der Waals surface area contributed by atoms with Gasteiger partial charge in [0.05, 0.1) is 57.9 Å². The third-order valence-corrected chi connectivity index (χ3v) is 21.8. The van der Waals surface area contributed by atoms with Crippen molar-refractivity contribution < 1.29 is 158 Å². The Morgan fingerprint density at radius 2 is 0.736 bits per heavy atom. The van der Waals surface area contributed by atoms with Crippen LogP contribution in [0.1, 0.15) is 220 Å². The van der Waals surface area contributed by atoms with Crippen LogP contribution in [-0.4, -0.2) is 340 Å². The number of hydrogen-bond donors (Lipinski definition) is 20. The highest BCUT2D eigenvalue weighted by atomic mass is 16.8. The number of unbranched alkanes of at least 4 members (excludes halogenated alkanes) is 27. The summed E-state index contributed by atoms with van der Waals surface area (Å²) >= 11 is 0. The minimum Gasteiger partial charge on any atom is -0.394 e. The Morgan fingerprint density at radius 3 is 1.17 bits per heavy atom. The van der Waals surface area contributed by atoms with Crippen LogP contribution in [-0.2, 0) is 66.4 Å². The number of carbonyl (C=O) groups is 2. The molecule has 0 saturated carbocycles. The number of ether oxygens (including phenoxy) is 12. The molecule has 34 nitrogen and oxygen atoms in total. The summed E-state index contributed by atoms with van der Waals surface area (Å²) in [5.74, 6) is -1.18. The highest BCUT2D eigenvalue weighted by molar-refractivity contribution is 5.76. The van der Waals surface area contributed by atoms with Gasteiger partial charge in [-0.15, -0.1) is 0 Å². The van der Waals surface area contributed by atoms with Crippen molar-refractivity contribution >= 4 is 11.8 Å². The van der Waals surface area contributed by atoms with Gasteiger partial charge in [-0.2, -0.15) is 0 Å². The number of aliphatic hydroxyl groups is 18. The van der Waals surface area contributed by atoms with E-state index in [1.54, 1.807) is 6.08 Å². The third kappa shape index (κ3) is 29.2. The molecule has 644 valence electrons. The molecule has 110 heavy (non-hydrogen) atoms. The molecule has 0 aliphatic carbocycles. The van der Waals surface area contributed by atoms with E-state index in [4.69, 9.17) is 56.8 Å². The predicted molar refractivity (Wildman–Crippen MR) is 390 cm³/mol. The van der Waals surface area contributed by atoms with E-state index in [2.05, 4.69) is 24.5 Å². The van der Waals surface area contributed by atoms with Crippen molar-refractivity contribution in [2.45, 2.75) is 417 Å². The number of carbonyl (C=O) groups excluding carboxylic acids is 2. The SMILES string of the molecule is CCCCCCCCCCCCC/C=C/[C@@H](O)[C@H](CO[C@@H]1OC(CO)[C@@H](O[C@@H]2OC(CO)[C@H](O[C@@H]3OC(CO)[C@H](O[C@@H]4OC(CO)[C@H](O)[C@H](O[C@@H]5OC(CO)[C@H](O)[C@H](O[C@H]6C(O)[C@H](O)C(C)O[C@H]6O)C5O)C4NC(C)=O)[C@H](O)C3O)[C@H](O)C2O)[C@H](O)C1O)NC(=O)CCCCCCCCCCCCCCCCCCC. The minimum atomic E-state index is -2.24. The zero-order valence-corrected chi connectivity index (χ0v) is 64.9. The first kappa shape index (κ1) is 96.3. The summed E-state index contributed by atoms with van der Waals surface area (Å²) in [6.07, 6.45) is -18.2. The summed E-state index contributed by atoms with van der Waals surface area (Å²) < 4.78 is 70.0. The quantitative estimate of drug-likeness (QED) is 0.0263. The van der Waals surface area contributed by atoms with Gasteiger partial charge in [-0.1, -0.05) is 193 Å². The Labute approximate surface area is 646 Å². The molecule has 34 heteroatoms. The summed E-state index contributed by atoms with van der Waals surface area (Å²) in [5, 5.41) is 205. The second-order valence-electron chi connectivity index (χ2n) is 30.6. The molecule has 6 heterocycles. The van der Waals surface area contributed by atoms with E-state index in [-0.39, 0.29) is 12.3 Å². The van der Waals surface area contributed by atoms with E-state index in [1.807, 2.05) is 6.08 Å². The smallest absolute Gasteiger partial charge is 0.220 e. The maximum Gasteiger partial charge on any atom is 0.220 e. The molecule has 0 aromatic carbocycles. The van der Waals surface area contributed by atoms with Crippen LogP contribution in [0.5, 0.6) is 0 Å². The molecule has 0 radical (unpaired) electrons. The van der Waals surface area contributed by atoms with Gasteiger partial charge in [0.15, 0.2) is 37.7 Å². The largest absolute Gasteiger partial charge is 0.394 e. The summed E-state index contributed by atoms with van der Waals surface area (Å²) in [7, 11) is 0.